The summed E-state index contributed by atoms with van der Waals surface area (Å²) in [6.45, 7) is 0.369. The zero-order valence-corrected chi connectivity index (χ0v) is 8.36. The number of hydrogen-bond donors (Lipinski definition) is 2. The Morgan fingerprint density at radius 3 is 3.15 bits per heavy atom. The monoisotopic (exact) mass is 216 g/mol. The molecule has 0 aromatic carbocycles. The van der Waals surface area contributed by atoms with Crippen LogP contribution in [-0.4, -0.2) is 17.9 Å². The third-order valence-electron chi connectivity index (χ3n) is 0.984. The highest BCUT2D eigenvalue weighted by Gasteiger charge is 1.93. The number of nitrogens with zero attached hydrogens (tertiary/aromatic N) is 2. The first-order valence-electron chi connectivity index (χ1n) is 3.22. The molecule has 0 saturated heterocycles. The van der Waals surface area contributed by atoms with Gasteiger partial charge in [0.05, 0.1) is 6.34 Å². The second kappa shape index (κ2) is 6.29. The van der Waals surface area contributed by atoms with Gasteiger partial charge in [0.1, 0.15) is 12.4 Å². The van der Waals surface area contributed by atoms with Crippen molar-refractivity contribution in [2.24, 2.45) is 4.99 Å². The van der Waals surface area contributed by atoms with Gasteiger partial charge in [-0.2, -0.15) is 0 Å². The summed E-state index contributed by atoms with van der Waals surface area (Å²) in [4.78, 5) is 7.80. The minimum absolute atomic E-state index is 0. The van der Waals surface area contributed by atoms with Gasteiger partial charge >= 0.3 is 0 Å². The van der Waals surface area contributed by atoms with Crippen molar-refractivity contribution in [3.8, 4) is 12.3 Å². The van der Waals surface area contributed by atoms with Gasteiger partial charge in [0, 0.05) is 5.38 Å². The molecule has 0 aliphatic rings. The number of nitrogens with one attached hydrogen (secondary N) is 1. The van der Waals surface area contributed by atoms with Crippen LogP contribution in [0, 0.1) is 12.3 Å². The molecule has 1 rings (SSSR count). The van der Waals surface area contributed by atoms with Crippen LogP contribution in [0.15, 0.2) is 10.4 Å². The molecule has 0 amide bonds. The van der Waals surface area contributed by atoms with E-state index in [1.54, 1.807) is 5.38 Å². The Morgan fingerprint density at radius 1 is 1.85 bits per heavy atom. The van der Waals surface area contributed by atoms with Gasteiger partial charge in [-0.25, -0.2) is 4.98 Å². The molecule has 1 aromatic rings. The Kier molecular flexibility index (Phi) is 5.68. The van der Waals surface area contributed by atoms with Crippen molar-refractivity contribution < 1.29 is 0 Å². The number of nitrogens with two attached hydrogens (primary N) is 1. The largest absolute Gasteiger partial charge is 0.383 e. The van der Waals surface area contributed by atoms with Crippen LogP contribution in [0.2, 0.25) is 0 Å². The smallest absolute Gasteiger partial charge is 0.189 e. The number of aliphatic imine (C=N–C) groups is 1. The molecule has 1 heterocycles. The van der Waals surface area contributed by atoms with E-state index in [1.807, 2.05) is 0 Å². The van der Waals surface area contributed by atoms with E-state index in [9.17, 15) is 0 Å². The van der Waals surface area contributed by atoms with Crippen LogP contribution in [-0.2, 0) is 0 Å². The van der Waals surface area contributed by atoms with Gasteiger partial charge in [0.15, 0.2) is 5.13 Å². The Hall–Kier alpha value is -1.25. The van der Waals surface area contributed by atoms with Crippen LogP contribution in [0.1, 0.15) is 0 Å². The first-order valence-corrected chi connectivity index (χ1v) is 4.10. The van der Waals surface area contributed by atoms with Crippen molar-refractivity contribution in [2.45, 2.75) is 0 Å². The number of nitrogen functional groups attached to an aromatic ring is 1. The Labute approximate surface area is 86.7 Å². The molecule has 1 aromatic heterocycles. The lowest BCUT2D eigenvalue weighted by molar-refractivity contribution is 1.30. The summed E-state index contributed by atoms with van der Waals surface area (Å²) >= 11 is 1.42. The molecule has 3 N–H and O–H groups in total. The Balaban J connectivity index is 0.00000144. The van der Waals surface area contributed by atoms with Crippen molar-refractivity contribution in [1.29, 1.82) is 0 Å². The van der Waals surface area contributed by atoms with E-state index in [1.165, 1.54) is 17.7 Å². The lowest BCUT2D eigenvalue weighted by Gasteiger charge is -1.89. The van der Waals surface area contributed by atoms with E-state index in [4.69, 9.17) is 12.2 Å². The molecular weight excluding hydrogens is 208 g/mol. The summed E-state index contributed by atoms with van der Waals surface area (Å²) in [5, 5.41) is 5.30. The molecule has 0 aliphatic carbocycles. The number of anilines is 2. The lowest BCUT2D eigenvalue weighted by atomic mass is 10.7. The quantitative estimate of drug-likeness (QED) is 0.454. The van der Waals surface area contributed by atoms with Crippen LogP contribution >= 0.6 is 23.7 Å². The summed E-state index contributed by atoms with van der Waals surface area (Å²) in [7, 11) is 0. The average molecular weight is 217 g/mol. The fourth-order valence-electron chi connectivity index (χ4n) is 0.552. The van der Waals surface area contributed by atoms with Crippen molar-refractivity contribution in [3.05, 3.63) is 5.38 Å². The first-order chi connectivity index (χ1) is 5.83. The maximum absolute atomic E-state index is 5.39. The Morgan fingerprint density at radius 2 is 2.62 bits per heavy atom. The summed E-state index contributed by atoms with van der Waals surface area (Å²) in [5.41, 5.74) is 5.39. The molecule has 13 heavy (non-hydrogen) atoms. The highest BCUT2D eigenvalue weighted by molar-refractivity contribution is 7.14. The van der Waals surface area contributed by atoms with E-state index in [-0.39, 0.29) is 12.4 Å². The van der Waals surface area contributed by atoms with Gasteiger partial charge < -0.3 is 11.1 Å². The lowest BCUT2D eigenvalue weighted by Crippen LogP contribution is -1.95. The van der Waals surface area contributed by atoms with Crippen molar-refractivity contribution >= 4 is 41.0 Å². The van der Waals surface area contributed by atoms with Crippen LogP contribution in [0.3, 0.4) is 0 Å². The van der Waals surface area contributed by atoms with Gasteiger partial charge in [0.2, 0.25) is 0 Å². The van der Waals surface area contributed by atoms with Crippen LogP contribution in [0.5, 0.6) is 0 Å². The van der Waals surface area contributed by atoms with Crippen molar-refractivity contribution in [3.63, 3.8) is 0 Å². The fraction of sp³-hybridized carbons (Fsp3) is 0.143. The van der Waals surface area contributed by atoms with E-state index < -0.39 is 0 Å². The molecule has 6 heteroatoms. The summed E-state index contributed by atoms with van der Waals surface area (Å²) < 4.78 is 0. The standard InChI is InChI=1S/C7H8N4S.ClH/c1-2-3-9-5-10-7-11-6(8)4-12-7;/h1,4-5H,3,8H2,(H,9,10,11);1H. The number of terminal acetylenes is 1. The normalized spacial score (nSPS) is 9.15. The molecule has 0 saturated carbocycles. The third-order valence-corrected chi connectivity index (χ3v) is 1.78. The van der Waals surface area contributed by atoms with Gasteiger partial charge in [-0.1, -0.05) is 5.92 Å². The summed E-state index contributed by atoms with van der Waals surface area (Å²) in [6.07, 6.45) is 6.50. The second-order valence-corrected chi connectivity index (χ2v) is 2.75. The Bertz CT molecular complexity index is 315. The van der Waals surface area contributed by atoms with Crippen LogP contribution in [0.25, 0.3) is 0 Å². The maximum atomic E-state index is 5.39. The number of hydrogen-bond acceptors (Lipinski definition) is 4. The number of halogens is 1. The molecule has 0 bridgehead atoms. The predicted molar refractivity (Wildman–Crippen MR) is 59.6 cm³/mol. The molecule has 0 atom stereocenters. The van der Waals surface area contributed by atoms with Crippen LogP contribution < -0.4 is 11.1 Å². The number of thiazole rings is 1. The number of rotatable bonds is 3. The molecule has 0 radical (unpaired) electrons. The van der Waals surface area contributed by atoms with E-state index in [0.29, 0.717) is 17.5 Å². The number of aromatic nitrogens is 1. The van der Waals surface area contributed by atoms with Crippen molar-refractivity contribution in [1.82, 2.24) is 4.98 Å². The maximum Gasteiger partial charge on any atom is 0.189 e. The van der Waals surface area contributed by atoms with Gasteiger partial charge in [-0.15, -0.1) is 30.2 Å². The molecule has 0 spiro atoms. The first kappa shape index (κ1) is 11.8. The van der Waals surface area contributed by atoms with E-state index in [2.05, 4.69) is 21.2 Å². The van der Waals surface area contributed by atoms with Gasteiger partial charge in [0.25, 0.3) is 0 Å². The van der Waals surface area contributed by atoms with Crippen LogP contribution in [0.4, 0.5) is 10.9 Å². The highest BCUT2D eigenvalue weighted by atomic mass is 35.5. The molecule has 0 aliphatic heterocycles. The zero-order chi connectivity index (χ0) is 8.81. The molecular formula is C7H9ClN4S. The summed E-state index contributed by atoms with van der Waals surface area (Å²) in [5.74, 6) is 2.89. The third kappa shape index (κ3) is 4.35. The predicted octanol–water partition coefficient (Wildman–Crippen LogP) is 1.22. The minimum Gasteiger partial charge on any atom is -0.383 e. The van der Waals surface area contributed by atoms with E-state index in [0.717, 1.165) is 0 Å². The molecule has 0 unspecified atom stereocenters. The van der Waals surface area contributed by atoms with E-state index >= 15 is 0 Å². The fourth-order valence-corrected chi connectivity index (χ4v) is 1.12. The molecule has 4 nitrogen and oxygen atoms in total. The van der Waals surface area contributed by atoms with Crippen molar-refractivity contribution in [2.75, 3.05) is 17.6 Å². The average Bonchev–Trinajstić information content (AvgIpc) is 2.45. The van der Waals surface area contributed by atoms with Gasteiger partial charge in [-0.05, 0) is 0 Å². The SMILES string of the molecule is C#CCN=CNc1nc(N)cs1.Cl. The van der Waals surface area contributed by atoms with Gasteiger partial charge in [-0.3, -0.25) is 4.99 Å². The minimum atomic E-state index is 0. The summed E-state index contributed by atoms with van der Waals surface area (Å²) in [6, 6.07) is 0. The topological polar surface area (TPSA) is 63.3 Å². The molecule has 70 valence electrons. The molecule has 0 fully saturated rings. The second-order valence-electron chi connectivity index (χ2n) is 1.90. The highest BCUT2D eigenvalue weighted by Crippen LogP contribution is 2.14. The zero-order valence-electron chi connectivity index (χ0n) is 6.73.